The van der Waals surface area contributed by atoms with Crippen LogP contribution in [0.1, 0.15) is 58.1 Å². The van der Waals surface area contributed by atoms with Crippen molar-refractivity contribution in [3.63, 3.8) is 0 Å². The summed E-state index contributed by atoms with van der Waals surface area (Å²) < 4.78 is 11.1. The largest absolute Gasteiger partial charge is 0.497 e. The summed E-state index contributed by atoms with van der Waals surface area (Å²) in [5.41, 5.74) is 0.990. The molecule has 2 saturated heterocycles. The Bertz CT molecular complexity index is 744. The number of hydrogen-bond acceptors (Lipinski definition) is 5. The van der Waals surface area contributed by atoms with Crippen molar-refractivity contribution in [1.29, 1.82) is 0 Å². The van der Waals surface area contributed by atoms with Crippen LogP contribution >= 0.6 is 0 Å². The third kappa shape index (κ3) is 6.23. The van der Waals surface area contributed by atoms with Crippen LogP contribution in [0, 0.1) is 5.92 Å². The van der Waals surface area contributed by atoms with Gasteiger partial charge in [-0.25, -0.2) is 0 Å². The first-order valence-electron chi connectivity index (χ1n) is 12.0. The van der Waals surface area contributed by atoms with Crippen LogP contribution in [0.2, 0.25) is 0 Å². The van der Waals surface area contributed by atoms with Crippen LogP contribution in [0.15, 0.2) is 24.3 Å². The molecular formula is C25H39N3O4. The van der Waals surface area contributed by atoms with Crippen molar-refractivity contribution in [1.82, 2.24) is 15.1 Å². The molecule has 7 heteroatoms. The molecule has 1 aromatic carbocycles. The van der Waals surface area contributed by atoms with Crippen molar-refractivity contribution in [2.45, 2.75) is 64.7 Å². The van der Waals surface area contributed by atoms with Gasteiger partial charge in [-0.05, 0) is 44.4 Å². The number of likely N-dealkylation sites (tertiary alicyclic amines) is 1. The molecule has 0 bridgehead atoms. The van der Waals surface area contributed by atoms with Gasteiger partial charge in [0.2, 0.25) is 11.8 Å². The minimum absolute atomic E-state index is 0.0260. The number of nitrogens with one attached hydrogen (secondary N) is 1. The Morgan fingerprint density at radius 1 is 1.12 bits per heavy atom. The molecule has 2 fully saturated rings. The van der Waals surface area contributed by atoms with Crippen molar-refractivity contribution >= 4 is 11.8 Å². The van der Waals surface area contributed by atoms with Gasteiger partial charge in [-0.3, -0.25) is 14.5 Å². The van der Waals surface area contributed by atoms with E-state index in [4.69, 9.17) is 9.47 Å². The monoisotopic (exact) mass is 445 g/mol. The van der Waals surface area contributed by atoms with E-state index in [0.29, 0.717) is 13.1 Å². The molecule has 4 unspecified atom stereocenters. The van der Waals surface area contributed by atoms with E-state index in [1.807, 2.05) is 29.2 Å². The summed E-state index contributed by atoms with van der Waals surface area (Å²) in [7, 11) is 1.64. The average molecular weight is 446 g/mol. The van der Waals surface area contributed by atoms with Crippen LogP contribution in [-0.4, -0.2) is 73.7 Å². The second-order valence-electron chi connectivity index (χ2n) is 9.13. The van der Waals surface area contributed by atoms with Gasteiger partial charge in [-0.15, -0.1) is 0 Å². The fraction of sp³-hybridized carbons (Fsp3) is 0.680. The summed E-state index contributed by atoms with van der Waals surface area (Å²) in [5.74, 6) is 0.444. The summed E-state index contributed by atoms with van der Waals surface area (Å²) in [6.07, 6.45) is 3.59. The number of unbranched alkanes of at least 4 members (excludes halogenated alkanes) is 1. The zero-order valence-corrected chi connectivity index (χ0v) is 20.0. The molecule has 2 aliphatic heterocycles. The molecule has 4 atom stereocenters. The molecule has 0 aliphatic carbocycles. The lowest BCUT2D eigenvalue weighted by atomic mass is 9.92. The molecule has 0 saturated carbocycles. The lowest BCUT2D eigenvalue weighted by Gasteiger charge is -2.35. The average Bonchev–Trinajstić information content (AvgIpc) is 3.10. The summed E-state index contributed by atoms with van der Waals surface area (Å²) in [5, 5.41) is 3.11. The van der Waals surface area contributed by atoms with Gasteiger partial charge in [0.05, 0.1) is 31.3 Å². The molecule has 1 aromatic rings. The smallest absolute Gasteiger partial charge is 0.226 e. The molecule has 178 valence electrons. The van der Waals surface area contributed by atoms with Gasteiger partial charge in [-0.2, -0.15) is 0 Å². The number of nitrogens with zero attached hydrogens (tertiary/aromatic N) is 2. The second kappa shape index (κ2) is 11.7. The van der Waals surface area contributed by atoms with Gasteiger partial charge in [0, 0.05) is 39.1 Å². The number of rotatable bonds is 10. The summed E-state index contributed by atoms with van der Waals surface area (Å²) in [6, 6.07) is 7.52. The van der Waals surface area contributed by atoms with Crippen LogP contribution in [0.3, 0.4) is 0 Å². The normalized spacial score (nSPS) is 26.4. The number of amides is 2. The molecule has 2 aliphatic rings. The third-order valence-corrected chi connectivity index (χ3v) is 6.42. The minimum atomic E-state index is -0.365. The number of methoxy groups -OCH3 is 1. The zero-order chi connectivity index (χ0) is 23.1. The number of carbonyl (C=O) groups is 2. The van der Waals surface area contributed by atoms with Crippen LogP contribution in [0.25, 0.3) is 0 Å². The number of morpholine rings is 1. The second-order valence-corrected chi connectivity index (χ2v) is 9.13. The van der Waals surface area contributed by atoms with Crippen molar-refractivity contribution in [2.75, 3.05) is 39.8 Å². The van der Waals surface area contributed by atoms with E-state index >= 15 is 0 Å². The molecule has 0 aromatic heterocycles. The Kier molecular flexibility index (Phi) is 8.93. The van der Waals surface area contributed by atoms with Gasteiger partial charge in [0.25, 0.3) is 0 Å². The summed E-state index contributed by atoms with van der Waals surface area (Å²) in [4.78, 5) is 30.2. The minimum Gasteiger partial charge on any atom is -0.497 e. The zero-order valence-electron chi connectivity index (χ0n) is 20.0. The highest BCUT2D eigenvalue weighted by atomic mass is 16.5. The van der Waals surface area contributed by atoms with Crippen LogP contribution in [0.5, 0.6) is 5.75 Å². The van der Waals surface area contributed by atoms with Gasteiger partial charge < -0.3 is 19.7 Å². The number of carbonyl (C=O) groups excluding carboxylic acids is 2. The summed E-state index contributed by atoms with van der Waals surface area (Å²) in [6.45, 7) is 10.4. The molecule has 0 spiro atoms. The number of benzene rings is 1. The van der Waals surface area contributed by atoms with E-state index in [1.54, 1.807) is 7.11 Å². The highest BCUT2D eigenvalue weighted by Crippen LogP contribution is 2.39. The van der Waals surface area contributed by atoms with Crippen molar-refractivity contribution in [3.05, 3.63) is 29.8 Å². The van der Waals surface area contributed by atoms with Crippen LogP contribution in [-0.2, 0) is 14.3 Å². The molecular weight excluding hydrogens is 406 g/mol. The molecule has 0 radical (unpaired) electrons. The topological polar surface area (TPSA) is 71.1 Å². The molecule has 2 amide bonds. The molecule has 32 heavy (non-hydrogen) atoms. The van der Waals surface area contributed by atoms with Crippen molar-refractivity contribution in [2.24, 2.45) is 5.92 Å². The lowest BCUT2D eigenvalue weighted by molar-refractivity contribution is -0.129. The highest BCUT2D eigenvalue weighted by molar-refractivity contribution is 5.90. The first-order valence-corrected chi connectivity index (χ1v) is 12.0. The van der Waals surface area contributed by atoms with Crippen LogP contribution in [0.4, 0.5) is 0 Å². The Morgan fingerprint density at radius 2 is 1.81 bits per heavy atom. The maximum Gasteiger partial charge on any atom is 0.226 e. The first kappa shape index (κ1) is 24.5. The van der Waals surface area contributed by atoms with E-state index < -0.39 is 0 Å². The van der Waals surface area contributed by atoms with E-state index in [9.17, 15) is 9.59 Å². The molecule has 1 N–H and O–H groups in total. The van der Waals surface area contributed by atoms with E-state index in [0.717, 1.165) is 50.2 Å². The standard InChI is InChI=1S/C25H39N3O4/c1-5-6-14-28-23(29)15-22(24(28)20-8-10-21(31-4)11-9-20)25(30)26-12-7-13-27-16-18(2)32-19(3)17-27/h8-11,18-19,22,24H,5-7,12-17H2,1-4H3,(H,26,30). The fourth-order valence-electron chi connectivity index (χ4n) is 4.94. The predicted molar refractivity (Wildman–Crippen MR) is 125 cm³/mol. The lowest BCUT2D eigenvalue weighted by Crippen LogP contribution is -2.46. The van der Waals surface area contributed by atoms with E-state index in [-0.39, 0.29) is 42.4 Å². The molecule has 3 rings (SSSR count). The molecule has 7 nitrogen and oxygen atoms in total. The highest BCUT2D eigenvalue weighted by Gasteiger charge is 2.44. The maximum absolute atomic E-state index is 13.1. The van der Waals surface area contributed by atoms with Gasteiger partial charge in [-0.1, -0.05) is 25.5 Å². The van der Waals surface area contributed by atoms with Crippen molar-refractivity contribution in [3.8, 4) is 5.75 Å². The van der Waals surface area contributed by atoms with Gasteiger partial charge in [0.1, 0.15) is 5.75 Å². The van der Waals surface area contributed by atoms with E-state index in [1.165, 1.54) is 0 Å². The van der Waals surface area contributed by atoms with Gasteiger partial charge >= 0.3 is 0 Å². The third-order valence-electron chi connectivity index (χ3n) is 6.42. The Balaban J connectivity index is 1.60. The van der Waals surface area contributed by atoms with Crippen molar-refractivity contribution < 1.29 is 19.1 Å². The summed E-state index contributed by atoms with van der Waals surface area (Å²) >= 11 is 0. The predicted octanol–water partition coefficient (Wildman–Crippen LogP) is 3.00. The Hall–Kier alpha value is -2.12. The SMILES string of the molecule is CCCCN1C(=O)CC(C(=O)NCCCN2CC(C)OC(C)C2)C1c1ccc(OC)cc1. The fourth-order valence-corrected chi connectivity index (χ4v) is 4.94. The first-order chi connectivity index (χ1) is 15.4. The van der Waals surface area contributed by atoms with Gasteiger partial charge in [0.15, 0.2) is 0 Å². The number of hydrogen-bond donors (Lipinski definition) is 1. The Morgan fingerprint density at radius 3 is 2.44 bits per heavy atom. The Labute approximate surface area is 192 Å². The maximum atomic E-state index is 13.1. The number of ether oxygens (including phenoxy) is 2. The quantitative estimate of drug-likeness (QED) is 0.561. The van der Waals surface area contributed by atoms with Crippen LogP contribution < -0.4 is 10.1 Å². The molecule has 2 heterocycles. The van der Waals surface area contributed by atoms with E-state index in [2.05, 4.69) is 31.0 Å².